The van der Waals surface area contributed by atoms with Gasteiger partial charge in [0.05, 0.1) is 0 Å². The van der Waals surface area contributed by atoms with Crippen molar-refractivity contribution in [3.05, 3.63) is 97.2 Å². The highest BCUT2D eigenvalue weighted by Gasteiger charge is 2.19. The van der Waals surface area contributed by atoms with Gasteiger partial charge in [0.15, 0.2) is 6.10 Å². The van der Waals surface area contributed by atoms with Gasteiger partial charge in [0.2, 0.25) is 0 Å². The minimum atomic E-state index is -0.808. The SMILES string of the molecule is CC/C=C\C/C=C\C/C=C\C/C=C\CCCCCCCCCCCCC(=O)OCC(COC(=O)CC/C=C\C/C=C\C/C=C\C/C=C\CC)OC(=O)CCCCCCCCCCCCCCCCCCCCCCCC. The van der Waals surface area contributed by atoms with Crippen LogP contribution in [-0.2, 0) is 28.6 Å². The third-order valence-electron chi connectivity index (χ3n) is 13.8. The second-order valence-electron chi connectivity index (χ2n) is 21.3. The van der Waals surface area contributed by atoms with Gasteiger partial charge in [-0.05, 0) is 83.5 Å². The lowest BCUT2D eigenvalue weighted by atomic mass is 10.0. The number of unbranched alkanes of at least 4 members (excludes halogenated alkanes) is 31. The van der Waals surface area contributed by atoms with E-state index in [1.165, 1.54) is 173 Å². The summed E-state index contributed by atoms with van der Waals surface area (Å²) in [7, 11) is 0. The van der Waals surface area contributed by atoms with Crippen LogP contribution in [0.1, 0.15) is 310 Å². The molecule has 0 aliphatic heterocycles. The summed E-state index contributed by atoms with van der Waals surface area (Å²) in [6, 6.07) is 0. The first-order chi connectivity index (χ1) is 37.5. The van der Waals surface area contributed by atoms with Crippen molar-refractivity contribution in [3.63, 3.8) is 0 Å². The van der Waals surface area contributed by atoms with Gasteiger partial charge in [0, 0.05) is 19.3 Å². The van der Waals surface area contributed by atoms with Crippen LogP contribution >= 0.6 is 0 Å². The largest absolute Gasteiger partial charge is 0.462 e. The molecule has 436 valence electrons. The molecule has 0 fully saturated rings. The summed E-state index contributed by atoms with van der Waals surface area (Å²) in [5.41, 5.74) is 0. The number of allylic oxidation sites excluding steroid dienone is 16. The van der Waals surface area contributed by atoms with E-state index in [1.54, 1.807) is 0 Å². The standard InChI is InChI=1S/C70H120O6/c1-4-7-10-13-16-19-22-25-27-29-31-33-35-37-38-40-42-45-48-51-54-57-60-63-69(72)75-66-67(65-74-68(71)62-59-56-53-50-47-44-24-21-18-15-12-9-6-3)76-70(73)64-61-58-55-52-49-46-43-41-39-36-34-32-30-28-26-23-20-17-14-11-8-5-2/h7,9-10,12,16,18-19,21,25,27,31,33,44,47,53,56,67H,4-6,8,11,13-15,17,20,22-24,26,28-30,32,34-43,45-46,48-52,54-55,57-66H2,1-3H3/b10-7-,12-9-,19-16-,21-18-,27-25-,33-31-,47-44-,56-53-. The van der Waals surface area contributed by atoms with Crippen molar-refractivity contribution < 1.29 is 28.6 Å². The Morgan fingerprint density at radius 1 is 0.276 bits per heavy atom. The summed E-state index contributed by atoms with van der Waals surface area (Å²) in [4.78, 5) is 38.3. The molecule has 0 bridgehead atoms. The molecule has 0 N–H and O–H groups in total. The van der Waals surface area contributed by atoms with E-state index in [4.69, 9.17) is 14.2 Å². The molecule has 0 saturated heterocycles. The van der Waals surface area contributed by atoms with Crippen molar-refractivity contribution in [1.29, 1.82) is 0 Å². The Labute approximate surface area is 470 Å². The molecule has 1 unspecified atom stereocenters. The molecular formula is C70H120O6. The van der Waals surface area contributed by atoms with Crippen molar-refractivity contribution in [2.75, 3.05) is 13.2 Å². The Kier molecular flexibility index (Phi) is 60.8. The predicted molar refractivity (Wildman–Crippen MR) is 330 cm³/mol. The van der Waals surface area contributed by atoms with E-state index < -0.39 is 6.10 Å². The number of esters is 3. The lowest BCUT2D eigenvalue weighted by Gasteiger charge is -2.18. The van der Waals surface area contributed by atoms with Crippen LogP contribution in [0, 0.1) is 0 Å². The van der Waals surface area contributed by atoms with E-state index in [9.17, 15) is 14.4 Å². The molecule has 0 spiro atoms. The third kappa shape index (κ3) is 61.2. The van der Waals surface area contributed by atoms with Crippen LogP contribution in [-0.4, -0.2) is 37.2 Å². The molecule has 0 rings (SSSR count). The van der Waals surface area contributed by atoms with Crippen LogP contribution in [0.4, 0.5) is 0 Å². The van der Waals surface area contributed by atoms with Gasteiger partial charge >= 0.3 is 17.9 Å². The van der Waals surface area contributed by atoms with Gasteiger partial charge in [-0.25, -0.2) is 0 Å². The van der Waals surface area contributed by atoms with Crippen LogP contribution in [0.3, 0.4) is 0 Å². The predicted octanol–water partition coefficient (Wildman–Crippen LogP) is 22.0. The quantitative estimate of drug-likeness (QED) is 0.0261. The lowest BCUT2D eigenvalue weighted by molar-refractivity contribution is -0.166. The number of carbonyl (C=O) groups excluding carboxylic acids is 3. The van der Waals surface area contributed by atoms with Crippen molar-refractivity contribution in [2.45, 2.75) is 316 Å². The van der Waals surface area contributed by atoms with E-state index in [0.29, 0.717) is 19.3 Å². The first kappa shape index (κ1) is 72.3. The summed E-state index contributed by atoms with van der Waals surface area (Å²) >= 11 is 0. The highest BCUT2D eigenvalue weighted by atomic mass is 16.6. The van der Waals surface area contributed by atoms with Crippen LogP contribution < -0.4 is 0 Å². The molecule has 0 amide bonds. The molecule has 0 aromatic carbocycles. The molecule has 6 heteroatoms. The van der Waals surface area contributed by atoms with Crippen molar-refractivity contribution in [3.8, 4) is 0 Å². The average Bonchev–Trinajstić information content (AvgIpc) is 3.42. The Bertz CT molecular complexity index is 1490. The van der Waals surface area contributed by atoms with Gasteiger partial charge in [0.1, 0.15) is 13.2 Å². The lowest BCUT2D eigenvalue weighted by Crippen LogP contribution is -2.30. The zero-order valence-corrected chi connectivity index (χ0v) is 50.0. The van der Waals surface area contributed by atoms with Gasteiger partial charge in [-0.3, -0.25) is 14.4 Å². The van der Waals surface area contributed by atoms with Crippen molar-refractivity contribution in [2.24, 2.45) is 0 Å². The Morgan fingerprint density at radius 3 is 0.882 bits per heavy atom. The fourth-order valence-corrected chi connectivity index (χ4v) is 9.10. The van der Waals surface area contributed by atoms with E-state index in [1.807, 2.05) is 6.08 Å². The third-order valence-corrected chi connectivity index (χ3v) is 13.8. The second kappa shape index (κ2) is 63.9. The molecule has 0 radical (unpaired) electrons. The first-order valence-corrected chi connectivity index (χ1v) is 32.2. The highest BCUT2D eigenvalue weighted by molar-refractivity contribution is 5.71. The topological polar surface area (TPSA) is 78.9 Å². The Balaban J connectivity index is 4.34. The normalized spacial score (nSPS) is 12.7. The second-order valence-corrected chi connectivity index (χ2v) is 21.3. The summed E-state index contributed by atoms with van der Waals surface area (Å²) in [5, 5.41) is 0. The van der Waals surface area contributed by atoms with Gasteiger partial charge in [-0.2, -0.15) is 0 Å². The van der Waals surface area contributed by atoms with Gasteiger partial charge in [-0.1, -0.05) is 304 Å². The number of carbonyl (C=O) groups is 3. The molecule has 0 aromatic heterocycles. The number of hydrogen-bond donors (Lipinski definition) is 0. The number of rotatable bonds is 58. The molecule has 0 heterocycles. The minimum Gasteiger partial charge on any atom is -0.462 e. The monoisotopic (exact) mass is 1060 g/mol. The Hall–Kier alpha value is -3.67. The number of ether oxygens (including phenoxy) is 3. The van der Waals surface area contributed by atoms with E-state index >= 15 is 0 Å². The zero-order valence-electron chi connectivity index (χ0n) is 50.0. The highest BCUT2D eigenvalue weighted by Crippen LogP contribution is 2.17. The van der Waals surface area contributed by atoms with Crippen molar-refractivity contribution >= 4 is 17.9 Å². The van der Waals surface area contributed by atoms with Gasteiger partial charge in [-0.15, -0.1) is 0 Å². The van der Waals surface area contributed by atoms with Crippen LogP contribution in [0.2, 0.25) is 0 Å². The van der Waals surface area contributed by atoms with Crippen molar-refractivity contribution in [1.82, 2.24) is 0 Å². The molecule has 0 aromatic rings. The maximum Gasteiger partial charge on any atom is 0.306 e. The zero-order chi connectivity index (χ0) is 55.0. The molecule has 6 nitrogen and oxygen atoms in total. The van der Waals surface area contributed by atoms with Gasteiger partial charge < -0.3 is 14.2 Å². The van der Waals surface area contributed by atoms with Crippen LogP contribution in [0.15, 0.2) is 97.2 Å². The summed E-state index contributed by atoms with van der Waals surface area (Å²) < 4.78 is 16.9. The molecule has 0 saturated carbocycles. The molecule has 1 atom stereocenters. The smallest absolute Gasteiger partial charge is 0.306 e. The molecule has 0 aliphatic carbocycles. The van der Waals surface area contributed by atoms with E-state index in [0.717, 1.165) is 89.9 Å². The van der Waals surface area contributed by atoms with E-state index in [2.05, 4.69) is 112 Å². The fraction of sp³-hybridized carbons (Fsp3) is 0.729. The minimum absolute atomic E-state index is 0.0997. The maximum atomic E-state index is 12.9. The maximum absolute atomic E-state index is 12.9. The Morgan fingerprint density at radius 2 is 0.539 bits per heavy atom. The van der Waals surface area contributed by atoms with E-state index in [-0.39, 0.29) is 37.5 Å². The molecule has 76 heavy (non-hydrogen) atoms. The molecule has 0 aliphatic rings. The summed E-state index contributed by atoms with van der Waals surface area (Å²) in [6.07, 6.45) is 85.8. The van der Waals surface area contributed by atoms with Gasteiger partial charge in [0.25, 0.3) is 0 Å². The van der Waals surface area contributed by atoms with Crippen LogP contribution in [0.5, 0.6) is 0 Å². The molecular weight excluding hydrogens is 937 g/mol. The average molecular weight is 1060 g/mol. The summed E-state index contributed by atoms with van der Waals surface area (Å²) in [5.74, 6) is -0.976. The summed E-state index contributed by atoms with van der Waals surface area (Å²) in [6.45, 7) is 6.38. The first-order valence-electron chi connectivity index (χ1n) is 32.2. The number of hydrogen-bond acceptors (Lipinski definition) is 6. The fourth-order valence-electron chi connectivity index (χ4n) is 9.10. The van der Waals surface area contributed by atoms with Crippen LogP contribution in [0.25, 0.3) is 0 Å².